The van der Waals surface area contributed by atoms with Gasteiger partial charge >= 0.3 is 0 Å². The van der Waals surface area contributed by atoms with Crippen molar-refractivity contribution < 1.29 is 5.21 Å². The lowest BCUT2D eigenvalue weighted by molar-refractivity contribution is 0.385. The smallest absolute Gasteiger partial charge is 0.168 e. The van der Waals surface area contributed by atoms with Gasteiger partial charge < -0.3 is 0 Å². The van der Waals surface area contributed by atoms with Crippen molar-refractivity contribution in [3.63, 3.8) is 0 Å². The van der Waals surface area contributed by atoms with Gasteiger partial charge in [-0.3, -0.25) is 10.7 Å². The number of aryl methyl sites for hydroxylation is 1. The average Bonchev–Trinajstić information content (AvgIpc) is 2.13. The molecule has 0 amide bonds. The van der Waals surface area contributed by atoms with Crippen LogP contribution in [0.15, 0.2) is 0 Å². The Morgan fingerprint density at radius 1 is 1.54 bits per heavy atom. The van der Waals surface area contributed by atoms with Gasteiger partial charge in [0.1, 0.15) is 11.6 Å². The number of anilines is 1. The van der Waals surface area contributed by atoms with Crippen molar-refractivity contribution in [3.8, 4) is 6.07 Å². The molecule has 0 saturated carbocycles. The number of aromatic nitrogens is 1. The van der Waals surface area contributed by atoms with Crippen LogP contribution in [0.2, 0.25) is 5.02 Å². The van der Waals surface area contributed by atoms with Gasteiger partial charge in [0.25, 0.3) is 0 Å². The van der Waals surface area contributed by atoms with E-state index in [-0.39, 0.29) is 11.4 Å². The van der Waals surface area contributed by atoms with Crippen LogP contribution in [0.4, 0.5) is 5.82 Å². The van der Waals surface area contributed by atoms with Crippen LogP contribution in [-0.4, -0.2) is 10.2 Å². The minimum absolute atomic E-state index is 0.141. The molecule has 5 heteroatoms. The summed E-state index contributed by atoms with van der Waals surface area (Å²) in [6, 6.07) is 1.91. The summed E-state index contributed by atoms with van der Waals surface area (Å²) in [5, 5.41) is 17.9. The van der Waals surface area contributed by atoms with E-state index in [1.54, 1.807) is 13.8 Å². The quantitative estimate of drug-likeness (QED) is 0.676. The Balaban J connectivity index is 3.50. The lowest BCUT2D eigenvalue weighted by Gasteiger charge is -2.07. The van der Waals surface area contributed by atoms with Gasteiger partial charge in [0.15, 0.2) is 5.82 Å². The number of hydrogen-bond donors (Lipinski definition) is 2. The minimum atomic E-state index is 0.141. The molecule has 0 spiro atoms. The maximum absolute atomic E-state index is 8.75. The zero-order chi connectivity index (χ0) is 10.0. The van der Waals surface area contributed by atoms with Crippen LogP contribution in [0.5, 0.6) is 0 Å². The summed E-state index contributed by atoms with van der Waals surface area (Å²) in [5.41, 5.74) is 3.32. The fraction of sp³-hybridized carbons (Fsp3) is 0.250. The molecule has 0 aliphatic carbocycles. The zero-order valence-corrected chi connectivity index (χ0v) is 7.98. The molecule has 0 atom stereocenters. The normalized spacial score (nSPS) is 9.46. The van der Waals surface area contributed by atoms with E-state index in [2.05, 4.69) is 4.98 Å². The molecular formula is C8H8ClN3O. The van der Waals surface area contributed by atoms with E-state index in [0.717, 1.165) is 0 Å². The van der Waals surface area contributed by atoms with Crippen LogP contribution < -0.4 is 5.48 Å². The zero-order valence-electron chi connectivity index (χ0n) is 7.22. The third-order valence-electron chi connectivity index (χ3n) is 1.76. The van der Waals surface area contributed by atoms with Crippen LogP contribution in [0.3, 0.4) is 0 Å². The predicted molar refractivity (Wildman–Crippen MR) is 48.8 cm³/mol. The lowest BCUT2D eigenvalue weighted by Crippen LogP contribution is -2.01. The number of rotatable bonds is 1. The second-order valence-electron chi connectivity index (χ2n) is 2.58. The first-order valence-electron chi connectivity index (χ1n) is 3.58. The van der Waals surface area contributed by atoms with Crippen molar-refractivity contribution in [2.45, 2.75) is 13.8 Å². The molecule has 1 aromatic heterocycles. The predicted octanol–water partition coefficient (Wildman–Crippen LogP) is 2.02. The Kier molecular flexibility index (Phi) is 2.71. The Morgan fingerprint density at radius 2 is 2.15 bits per heavy atom. The third kappa shape index (κ3) is 1.57. The highest BCUT2D eigenvalue weighted by atomic mass is 35.5. The molecule has 1 aromatic rings. The van der Waals surface area contributed by atoms with Gasteiger partial charge in [0.05, 0.1) is 10.7 Å². The number of nitrogens with one attached hydrogen (secondary N) is 1. The molecule has 0 radical (unpaired) electrons. The van der Waals surface area contributed by atoms with Crippen LogP contribution in [0.1, 0.15) is 16.8 Å². The van der Waals surface area contributed by atoms with Gasteiger partial charge in [-0.2, -0.15) is 5.26 Å². The molecule has 68 valence electrons. The average molecular weight is 198 g/mol. The first-order chi connectivity index (χ1) is 6.11. The van der Waals surface area contributed by atoms with Gasteiger partial charge in [0.2, 0.25) is 0 Å². The summed E-state index contributed by atoms with van der Waals surface area (Å²) in [7, 11) is 0. The first kappa shape index (κ1) is 9.78. The van der Waals surface area contributed by atoms with E-state index in [0.29, 0.717) is 16.3 Å². The molecule has 0 aromatic carbocycles. The van der Waals surface area contributed by atoms with Gasteiger partial charge in [-0.05, 0) is 19.4 Å². The molecule has 0 unspecified atom stereocenters. The summed E-state index contributed by atoms with van der Waals surface area (Å²) in [5.74, 6) is 0.141. The van der Waals surface area contributed by atoms with Gasteiger partial charge in [-0.15, -0.1) is 0 Å². The fourth-order valence-electron chi connectivity index (χ4n) is 1.05. The summed E-state index contributed by atoms with van der Waals surface area (Å²) < 4.78 is 0. The third-order valence-corrected chi connectivity index (χ3v) is 2.31. The highest BCUT2D eigenvalue weighted by Crippen LogP contribution is 2.25. The minimum Gasteiger partial charge on any atom is -0.290 e. The Morgan fingerprint density at radius 3 is 2.62 bits per heavy atom. The van der Waals surface area contributed by atoms with E-state index < -0.39 is 0 Å². The number of pyridine rings is 1. The second kappa shape index (κ2) is 3.60. The van der Waals surface area contributed by atoms with E-state index in [1.165, 1.54) is 0 Å². The maximum atomic E-state index is 8.75. The second-order valence-corrected chi connectivity index (χ2v) is 2.96. The molecule has 0 aliphatic rings. The molecule has 1 rings (SSSR count). The summed E-state index contributed by atoms with van der Waals surface area (Å²) >= 11 is 5.87. The van der Waals surface area contributed by atoms with Crippen molar-refractivity contribution in [2.24, 2.45) is 0 Å². The first-order valence-corrected chi connectivity index (χ1v) is 3.96. The number of nitrogens with zero attached hydrogens (tertiary/aromatic N) is 2. The number of halogens is 1. The topological polar surface area (TPSA) is 68.9 Å². The highest BCUT2D eigenvalue weighted by molar-refractivity contribution is 6.32. The lowest BCUT2D eigenvalue weighted by atomic mass is 10.1. The monoisotopic (exact) mass is 197 g/mol. The van der Waals surface area contributed by atoms with Crippen molar-refractivity contribution >= 4 is 17.4 Å². The van der Waals surface area contributed by atoms with E-state index >= 15 is 0 Å². The number of hydrogen-bond acceptors (Lipinski definition) is 4. The Bertz CT molecular complexity index is 384. The molecule has 1 heterocycles. The SMILES string of the molecule is Cc1nc(NO)c(C#N)c(C)c1Cl. The standard InChI is InChI=1S/C8H8ClN3O/c1-4-6(3-10)8(12-13)11-5(2)7(4)9/h13H,1-2H3,(H,11,12). The molecule has 0 saturated heterocycles. The van der Waals surface area contributed by atoms with Crippen molar-refractivity contribution in [3.05, 3.63) is 21.8 Å². The largest absolute Gasteiger partial charge is 0.290 e. The molecule has 0 fully saturated rings. The van der Waals surface area contributed by atoms with Crippen LogP contribution >= 0.6 is 11.6 Å². The molecule has 2 N–H and O–H groups in total. The van der Waals surface area contributed by atoms with Gasteiger partial charge in [-0.25, -0.2) is 4.98 Å². The summed E-state index contributed by atoms with van der Waals surface area (Å²) in [6.07, 6.45) is 0. The van der Waals surface area contributed by atoms with E-state index in [4.69, 9.17) is 22.1 Å². The van der Waals surface area contributed by atoms with Gasteiger partial charge in [-0.1, -0.05) is 11.6 Å². The highest BCUT2D eigenvalue weighted by Gasteiger charge is 2.12. The molecule has 0 aliphatic heterocycles. The summed E-state index contributed by atoms with van der Waals surface area (Å²) in [6.45, 7) is 3.41. The van der Waals surface area contributed by atoms with Gasteiger partial charge in [0, 0.05) is 0 Å². The van der Waals surface area contributed by atoms with Crippen LogP contribution in [-0.2, 0) is 0 Å². The van der Waals surface area contributed by atoms with Crippen molar-refractivity contribution in [1.82, 2.24) is 4.98 Å². The maximum Gasteiger partial charge on any atom is 0.168 e. The van der Waals surface area contributed by atoms with Crippen LogP contribution in [0, 0.1) is 25.2 Å². The molecule has 13 heavy (non-hydrogen) atoms. The number of nitriles is 1. The van der Waals surface area contributed by atoms with Crippen molar-refractivity contribution in [2.75, 3.05) is 5.48 Å². The Labute approximate surface area is 80.7 Å². The molecular weight excluding hydrogens is 190 g/mol. The fourth-order valence-corrected chi connectivity index (χ4v) is 1.19. The van der Waals surface area contributed by atoms with Crippen LogP contribution in [0.25, 0.3) is 0 Å². The molecule has 4 nitrogen and oxygen atoms in total. The Hall–Kier alpha value is -1.31. The summed E-state index contributed by atoms with van der Waals surface area (Å²) in [4.78, 5) is 3.91. The van der Waals surface area contributed by atoms with Crippen molar-refractivity contribution in [1.29, 1.82) is 5.26 Å². The molecule has 0 bridgehead atoms. The van der Waals surface area contributed by atoms with E-state index in [1.807, 2.05) is 11.5 Å². The van der Waals surface area contributed by atoms with E-state index in [9.17, 15) is 0 Å².